The van der Waals surface area contributed by atoms with E-state index in [-0.39, 0.29) is 12.6 Å². The second-order valence-corrected chi connectivity index (χ2v) is 3.83. The summed E-state index contributed by atoms with van der Waals surface area (Å²) in [5, 5.41) is 0. The minimum atomic E-state index is -0.647. The first-order chi connectivity index (χ1) is 8.06. The molecule has 7 nitrogen and oxygen atoms in total. The Balaban J connectivity index is 2.69. The Labute approximate surface area is 96.2 Å². The van der Waals surface area contributed by atoms with Crippen LogP contribution in [-0.2, 0) is 18.3 Å². The van der Waals surface area contributed by atoms with Crippen LogP contribution in [0.15, 0.2) is 20.5 Å². The lowest BCUT2D eigenvalue weighted by atomic mass is 10.5. The average Bonchev–Trinajstić information content (AvgIpc) is 3.12. The maximum Gasteiger partial charge on any atom is 0.340 e. The lowest BCUT2D eigenvalue weighted by molar-refractivity contribution is 0.368. The van der Waals surface area contributed by atoms with Crippen molar-refractivity contribution >= 4 is 6.20 Å². The van der Waals surface area contributed by atoms with E-state index in [0.717, 1.165) is 13.7 Å². The lowest BCUT2D eigenvalue weighted by Crippen LogP contribution is -2.52. The van der Waals surface area contributed by atoms with Gasteiger partial charge in [-0.25, -0.2) is 28.1 Å². The molecule has 0 aromatic carbocycles. The van der Waals surface area contributed by atoms with Gasteiger partial charge < -0.3 is 4.74 Å². The third-order valence-corrected chi connectivity index (χ3v) is 2.53. The van der Waals surface area contributed by atoms with E-state index >= 15 is 0 Å². The van der Waals surface area contributed by atoms with Gasteiger partial charge in [0.05, 0.1) is 19.3 Å². The molecular formula is C10H13N3O4. The molecule has 2 rings (SSSR count). The largest absolute Gasteiger partial charge is 0.371 e. The van der Waals surface area contributed by atoms with Crippen LogP contribution in [0.3, 0.4) is 0 Å². The molecule has 1 aliphatic heterocycles. The van der Waals surface area contributed by atoms with E-state index in [2.05, 4.69) is 0 Å². The van der Waals surface area contributed by atoms with E-state index in [0.29, 0.717) is 6.61 Å². The molecule has 0 spiro atoms. The van der Waals surface area contributed by atoms with Crippen LogP contribution in [0, 0.1) is 0 Å². The van der Waals surface area contributed by atoms with Crippen LogP contribution in [0.1, 0.15) is 6.92 Å². The fraction of sp³-hybridized carbons (Fsp3) is 0.500. The quantitative estimate of drug-likeness (QED) is 0.608. The molecule has 1 unspecified atom stereocenters. The van der Waals surface area contributed by atoms with E-state index < -0.39 is 17.1 Å². The highest BCUT2D eigenvalue weighted by Crippen LogP contribution is 2.08. The molecule has 0 saturated carbocycles. The molecule has 1 fully saturated rings. The zero-order valence-electron chi connectivity index (χ0n) is 9.62. The van der Waals surface area contributed by atoms with Crippen LogP contribution >= 0.6 is 0 Å². The molecule has 0 N–H and O–H groups in total. The van der Waals surface area contributed by atoms with Crippen molar-refractivity contribution in [3.8, 4) is 0 Å². The molecule has 1 saturated heterocycles. The molecule has 1 aromatic rings. The second kappa shape index (κ2) is 4.17. The number of aromatic nitrogens is 3. The SMILES string of the molecule is CC=Cn1c(=O)n(C)c(=O)n(CC2CO2)c1=O. The maximum absolute atomic E-state index is 11.9. The maximum atomic E-state index is 11.9. The number of epoxide rings is 1. The third-order valence-electron chi connectivity index (χ3n) is 2.53. The first kappa shape index (κ1) is 11.6. The fourth-order valence-corrected chi connectivity index (χ4v) is 1.53. The molecule has 1 aromatic heterocycles. The van der Waals surface area contributed by atoms with E-state index in [4.69, 9.17) is 4.74 Å². The molecule has 17 heavy (non-hydrogen) atoms. The number of rotatable bonds is 3. The summed E-state index contributed by atoms with van der Waals surface area (Å²) in [6.45, 7) is 2.41. The summed E-state index contributed by atoms with van der Waals surface area (Å²) in [5.41, 5.74) is -1.89. The molecule has 0 amide bonds. The number of nitrogens with zero attached hydrogens (tertiary/aromatic N) is 3. The first-order valence-corrected chi connectivity index (χ1v) is 5.23. The van der Waals surface area contributed by atoms with Crippen molar-refractivity contribution < 1.29 is 4.74 Å². The van der Waals surface area contributed by atoms with Crippen LogP contribution in [-0.4, -0.2) is 26.4 Å². The summed E-state index contributed by atoms with van der Waals surface area (Å²) in [4.78, 5) is 35.4. The second-order valence-electron chi connectivity index (χ2n) is 3.83. The van der Waals surface area contributed by atoms with Gasteiger partial charge >= 0.3 is 17.1 Å². The van der Waals surface area contributed by atoms with Gasteiger partial charge in [-0.3, -0.25) is 0 Å². The number of allylic oxidation sites excluding steroid dienone is 1. The Morgan fingerprint density at radius 3 is 2.47 bits per heavy atom. The fourth-order valence-electron chi connectivity index (χ4n) is 1.53. The minimum absolute atomic E-state index is 0.100. The molecule has 92 valence electrons. The van der Waals surface area contributed by atoms with Crippen molar-refractivity contribution in [2.24, 2.45) is 7.05 Å². The summed E-state index contributed by atoms with van der Waals surface area (Å²) in [6.07, 6.45) is 2.80. The lowest BCUT2D eigenvalue weighted by Gasteiger charge is -2.07. The van der Waals surface area contributed by atoms with Crippen molar-refractivity contribution in [3.63, 3.8) is 0 Å². The molecule has 1 atom stereocenters. The summed E-state index contributed by atoms with van der Waals surface area (Å²) in [7, 11) is 1.34. The normalized spacial score (nSPS) is 18.8. The third kappa shape index (κ3) is 2.01. The van der Waals surface area contributed by atoms with Crippen molar-refractivity contribution in [3.05, 3.63) is 37.5 Å². The predicted molar refractivity (Wildman–Crippen MR) is 60.9 cm³/mol. The Hall–Kier alpha value is -1.89. The summed E-state index contributed by atoms with van der Waals surface area (Å²) >= 11 is 0. The summed E-state index contributed by atoms with van der Waals surface area (Å²) in [6, 6.07) is 0. The Morgan fingerprint density at radius 2 is 1.94 bits per heavy atom. The van der Waals surface area contributed by atoms with Gasteiger partial charge in [-0.1, -0.05) is 6.08 Å². The van der Waals surface area contributed by atoms with Gasteiger partial charge in [0.25, 0.3) is 0 Å². The Bertz CT molecular complexity index is 630. The highest BCUT2D eigenvalue weighted by molar-refractivity contribution is 5.18. The van der Waals surface area contributed by atoms with Crippen LogP contribution in [0.5, 0.6) is 0 Å². The molecule has 0 radical (unpaired) electrons. The van der Waals surface area contributed by atoms with Crippen LogP contribution in [0.4, 0.5) is 0 Å². The molecule has 0 bridgehead atoms. The van der Waals surface area contributed by atoms with Gasteiger partial charge in [0.2, 0.25) is 0 Å². The van der Waals surface area contributed by atoms with E-state index in [1.165, 1.54) is 13.2 Å². The van der Waals surface area contributed by atoms with Gasteiger partial charge in [0, 0.05) is 13.2 Å². The standard InChI is InChI=1S/C10H13N3O4/c1-3-4-12-8(14)11(2)9(15)13(10(12)16)5-7-6-17-7/h3-4,7H,5-6H2,1-2H3. The van der Waals surface area contributed by atoms with Crippen LogP contribution < -0.4 is 17.1 Å². The molecule has 0 aliphatic carbocycles. The minimum Gasteiger partial charge on any atom is -0.371 e. The molecule has 1 aliphatic rings. The van der Waals surface area contributed by atoms with Crippen molar-refractivity contribution in [2.75, 3.05) is 6.61 Å². The highest BCUT2D eigenvalue weighted by Gasteiger charge is 2.25. The Kier molecular flexibility index (Phi) is 2.84. The van der Waals surface area contributed by atoms with Crippen molar-refractivity contribution in [2.45, 2.75) is 19.6 Å². The van der Waals surface area contributed by atoms with E-state index in [1.54, 1.807) is 13.0 Å². The molecule has 7 heteroatoms. The molecule has 2 heterocycles. The zero-order valence-corrected chi connectivity index (χ0v) is 9.62. The van der Waals surface area contributed by atoms with E-state index in [1.807, 2.05) is 0 Å². The summed E-state index contributed by atoms with van der Waals surface area (Å²) in [5.74, 6) is 0. The monoisotopic (exact) mass is 239 g/mol. The van der Waals surface area contributed by atoms with Gasteiger partial charge in [0.1, 0.15) is 0 Å². The van der Waals surface area contributed by atoms with Gasteiger partial charge in [-0.05, 0) is 6.92 Å². The topological polar surface area (TPSA) is 78.5 Å². The van der Waals surface area contributed by atoms with Crippen molar-refractivity contribution in [1.82, 2.24) is 13.7 Å². The average molecular weight is 239 g/mol. The first-order valence-electron chi connectivity index (χ1n) is 5.23. The number of hydrogen-bond donors (Lipinski definition) is 0. The number of hydrogen-bond acceptors (Lipinski definition) is 4. The van der Waals surface area contributed by atoms with E-state index in [9.17, 15) is 14.4 Å². The van der Waals surface area contributed by atoms with Crippen LogP contribution in [0.25, 0.3) is 6.20 Å². The van der Waals surface area contributed by atoms with Gasteiger partial charge in [-0.2, -0.15) is 0 Å². The molecular weight excluding hydrogens is 226 g/mol. The highest BCUT2D eigenvalue weighted by atomic mass is 16.6. The van der Waals surface area contributed by atoms with Gasteiger partial charge in [0.15, 0.2) is 0 Å². The smallest absolute Gasteiger partial charge is 0.340 e. The van der Waals surface area contributed by atoms with Crippen molar-refractivity contribution in [1.29, 1.82) is 0 Å². The Morgan fingerprint density at radius 1 is 1.29 bits per heavy atom. The number of ether oxygens (including phenoxy) is 1. The van der Waals surface area contributed by atoms with Crippen LogP contribution in [0.2, 0.25) is 0 Å². The summed E-state index contributed by atoms with van der Waals surface area (Å²) < 4.78 is 7.81. The van der Waals surface area contributed by atoms with Gasteiger partial charge in [-0.15, -0.1) is 0 Å². The zero-order chi connectivity index (χ0) is 12.6. The predicted octanol–water partition coefficient (Wildman–Crippen LogP) is -1.40.